The number of nitriles is 1. The molecule has 1 saturated heterocycles. The number of aryl methyl sites for hydroxylation is 1. The van der Waals surface area contributed by atoms with E-state index in [1.807, 2.05) is 32.0 Å². The molecule has 3 atom stereocenters. The van der Waals surface area contributed by atoms with Crippen LogP contribution in [0.3, 0.4) is 0 Å². The van der Waals surface area contributed by atoms with Gasteiger partial charge < -0.3 is 24.8 Å². The second-order valence-electron chi connectivity index (χ2n) is 13.0. The summed E-state index contributed by atoms with van der Waals surface area (Å²) in [5.74, 6) is 0.374. The highest BCUT2D eigenvalue weighted by Crippen LogP contribution is 2.45. The topological polar surface area (TPSA) is 174 Å². The van der Waals surface area contributed by atoms with Crippen LogP contribution >= 0.6 is 0 Å². The van der Waals surface area contributed by atoms with Crippen molar-refractivity contribution in [3.63, 3.8) is 0 Å². The number of anilines is 1. The van der Waals surface area contributed by atoms with Gasteiger partial charge in [-0.1, -0.05) is 24.3 Å². The van der Waals surface area contributed by atoms with Crippen molar-refractivity contribution in [3.05, 3.63) is 91.8 Å². The molecule has 2 aliphatic rings. The summed E-state index contributed by atoms with van der Waals surface area (Å²) in [6.45, 7) is 8.80. The van der Waals surface area contributed by atoms with Crippen molar-refractivity contribution >= 4 is 34.6 Å². The van der Waals surface area contributed by atoms with Crippen LogP contribution in [0.4, 0.5) is 17.1 Å². The maximum Gasteiger partial charge on any atom is 0.330 e. The van der Waals surface area contributed by atoms with Crippen LogP contribution in [0.25, 0.3) is 11.6 Å². The molecular weight excluding hydrogens is 638 g/mol. The van der Waals surface area contributed by atoms with Crippen molar-refractivity contribution < 1.29 is 20.7 Å². The van der Waals surface area contributed by atoms with Crippen molar-refractivity contribution in [1.29, 1.82) is 5.26 Å². The molecule has 3 aromatic rings. The molecule has 1 unspecified atom stereocenters. The van der Waals surface area contributed by atoms with Crippen molar-refractivity contribution in [2.24, 2.45) is 10.2 Å². The largest absolute Gasteiger partial charge is 0.494 e. The van der Waals surface area contributed by atoms with E-state index in [1.54, 1.807) is 25.3 Å². The van der Waals surface area contributed by atoms with Gasteiger partial charge in [0.2, 0.25) is 5.91 Å². The number of hydrogen-bond acceptors (Lipinski definition) is 10. The zero-order chi connectivity index (χ0) is 36.9. The normalized spacial score (nSPS) is 20.0. The first-order valence-corrected chi connectivity index (χ1v) is 16.4. The van der Waals surface area contributed by atoms with E-state index in [0.717, 1.165) is 22.4 Å². The molecule has 1 amide bonds. The molecule has 0 radical (unpaired) electrons. The Hall–Kier alpha value is -5.32. The number of aromatic amines is 1. The third-order valence-corrected chi connectivity index (χ3v) is 8.83. The summed E-state index contributed by atoms with van der Waals surface area (Å²) < 4.78 is 20.0. The van der Waals surface area contributed by atoms with Gasteiger partial charge in [-0.05, 0) is 70.4 Å². The van der Waals surface area contributed by atoms with Gasteiger partial charge in [0, 0.05) is 50.8 Å². The number of nitrogens with zero attached hydrogens (tertiary/aromatic N) is 5. The number of benzene rings is 2. The molecule has 1 fully saturated rings. The monoisotopic (exact) mass is 682 g/mol. The number of allylic oxidation sites excluding steroid dienone is 1. The molecule has 2 aromatic carbocycles. The fourth-order valence-electron chi connectivity index (χ4n) is 6.24. The van der Waals surface area contributed by atoms with E-state index in [0.29, 0.717) is 35.7 Å². The molecule has 2 aliphatic heterocycles. The third-order valence-electron chi connectivity index (χ3n) is 8.83. The fourth-order valence-corrected chi connectivity index (χ4v) is 6.24. The molecular formula is C37H43N7O6. The lowest BCUT2D eigenvalue weighted by atomic mass is 9.88. The summed E-state index contributed by atoms with van der Waals surface area (Å²) in [4.78, 5) is 42.0. The lowest BCUT2D eigenvalue weighted by Gasteiger charge is -2.43. The van der Waals surface area contributed by atoms with Crippen molar-refractivity contribution in [1.82, 2.24) is 14.9 Å². The molecule has 50 heavy (non-hydrogen) atoms. The van der Waals surface area contributed by atoms with Gasteiger partial charge in [0.1, 0.15) is 29.4 Å². The van der Waals surface area contributed by atoms with Crippen LogP contribution in [0.1, 0.15) is 76.8 Å². The number of H-pyrrole nitrogens is 1. The zero-order valence-electron chi connectivity index (χ0n) is 29.9. The highest BCUT2D eigenvalue weighted by molar-refractivity contribution is 5.85. The van der Waals surface area contributed by atoms with Crippen molar-refractivity contribution in [3.8, 4) is 11.8 Å². The number of ether oxygens (including phenoxy) is 2. The van der Waals surface area contributed by atoms with E-state index in [1.165, 1.54) is 16.8 Å². The van der Waals surface area contributed by atoms with Gasteiger partial charge in [0.05, 0.1) is 36.0 Å². The van der Waals surface area contributed by atoms with Crippen molar-refractivity contribution in [2.45, 2.75) is 77.8 Å². The predicted molar refractivity (Wildman–Crippen MR) is 191 cm³/mol. The predicted octanol–water partition coefficient (Wildman–Crippen LogP) is 5.42. The molecule has 3 N–H and O–H groups in total. The lowest BCUT2D eigenvalue weighted by Crippen LogP contribution is -2.45. The number of carbonyl (C=O) groups excluding carboxylic acids is 1. The Balaban J connectivity index is 1.22. The number of carbonyl (C=O) groups is 1. The van der Waals surface area contributed by atoms with Gasteiger partial charge in [-0.3, -0.25) is 19.1 Å². The number of aromatic nitrogens is 2. The Morgan fingerprint density at radius 2 is 2.04 bits per heavy atom. The highest BCUT2D eigenvalue weighted by Gasteiger charge is 2.33. The van der Waals surface area contributed by atoms with Crippen LogP contribution in [0.5, 0.6) is 5.75 Å². The quantitative estimate of drug-likeness (QED) is 0.225. The van der Waals surface area contributed by atoms with Crippen LogP contribution < -0.4 is 26.2 Å². The summed E-state index contributed by atoms with van der Waals surface area (Å²) in [5, 5.41) is 31.3. The Labute approximate surface area is 292 Å². The summed E-state index contributed by atoms with van der Waals surface area (Å²) in [6, 6.07) is 11.5. The summed E-state index contributed by atoms with van der Waals surface area (Å²) in [6.07, 6.45) is 5.25. The first-order chi connectivity index (χ1) is 24.3. The van der Waals surface area contributed by atoms with Gasteiger partial charge in [0.25, 0.3) is 5.56 Å². The molecule has 0 spiro atoms. The minimum absolute atomic E-state index is 0.130. The molecule has 262 valence electrons. The van der Waals surface area contributed by atoms with Crippen LogP contribution in [-0.2, 0) is 9.53 Å². The van der Waals surface area contributed by atoms with Crippen LogP contribution in [0.15, 0.2) is 68.5 Å². The van der Waals surface area contributed by atoms with Crippen LogP contribution in [0.2, 0.25) is 0 Å². The standard InChI is InChI=1S/C37H43N7O6/c1-22-11-12-28(26(15-22)20-38)41-42-29-16-27-23(2)19-37(4,5)44(30(27)17-32(29)49-6)14-8-10-33(46)39-13-7-9-25-21-43(36(48)40-35(25)47)34-18-31(45)24(3)50-34/h7,9,11-12,15-17,19,21,24,31,34,45H,8,10,13-14,18H2,1-6H3,(H,39,46)(H,40,47,48)/b9-7+,42-41?/t24-,31?,34-/m1/s1/i3D. The van der Waals surface area contributed by atoms with Crippen LogP contribution in [-0.4, -0.2) is 58.5 Å². The van der Waals surface area contributed by atoms with E-state index in [-0.39, 0.29) is 43.3 Å². The number of methoxy groups -OCH3 is 1. The van der Waals surface area contributed by atoms with E-state index in [9.17, 15) is 24.8 Å². The number of nitrogens with one attached hydrogen (secondary N) is 2. The second kappa shape index (κ2) is 15.1. The summed E-state index contributed by atoms with van der Waals surface area (Å²) >= 11 is 0. The molecule has 3 heterocycles. The highest BCUT2D eigenvalue weighted by atomic mass is 16.5. The van der Waals surface area contributed by atoms with Crippen molar-refractivity contribution in [2.75, 3.05) is 25.1 Å². The van der Waals surface area contributed by atoms with Gasteiger partial charge in [0.15, 0.2) is 0 Å². The number of aliphatic hydroxyl groups is 1. The molecule has 0 aliphatic carbocycles. The van der Waals surface area contributed by atoms with E-state index < -0.39 is 29.7 Å². The average Bonchev–Trinajstić information content (AvgIpc) is 3.47. The van der Waals surface area contributed by atoms with Gasteiger partial charge in [-0.25, -0.2) is 4.79 Å². The maximum absolute atomic E-state index is 12.8. The van der Waals surface area contributed by atoms with Gasteiger partial charge in [-0.2, -0.15) is 5.26 Å². The minimum Gasteiger partial charge on any atom is -0.494 e. The number of aliphatic hydroxyl groups excluding tert-OH is 1. The molecule has 0 bridgehead atoms. The number of hydrogen-bond donors (Lipinski definition) is 3. The van der Waals surface area contributed by atoms with E-state index in [4.69, 9.17) is 10.8 Å². The van der Waals surface area contributed by atoms with Gasteiger partial charge in [-0.15, -0.1) is 10.2 Å². The SMILES string of the molecule is [2H]C[C@H]1O[C@@H](n2cc(/C=C/CNC(=O)CCCN3c4cc(OC)c(N=Nc5ccc(C)cc5C#N)cc4C(C)=CC3(C)C)c(=O)[nH]c2=O)CC1O. The number of amides is 1. The average molecular weight is 683 g/mol. The first-order valence-electron chi connectivity index (χ1n) is 17.1. The fraction of sp³-hybridized carbons (Fsp3) is 0.405. The second-order valence-corrected chi connectivity index (χ2v) is 13.0. The molecule has 13 nitrogen and oxygen atoms in total. The molecule has 1 aromatic heterocycles. The molecule has 13 heteroatoms. The van der Waals surface area contributed by atoms with E-state index >= 15 is 0 Å². The minimum atomic E-state index is -0.875. The van der Waals surface area contributed by atoms with Crippen LogP contribution in [0, 0.1) is 18.3 Å². The molecule has 0 saturated carbocycles. The summed E-state index contributed by atoms with van der Waals surface area (Å²) in [7, 11) is 1.57. The third kappa shape index (κ3) is 7.93. The first kappa shape index (κ1) is 34.5. The molecule has 5 rings (SSSR count). The number of azo groups is 1. The van der Waals surface area contributed by atoms with E-state index in [2.05, 4.69) is 51.4 Å². The lowest BCUT2D eigenvalue weighted by molar-refractivity contribution is -0.120. The number of rotatable bonds is 11. The maximum atomic E-state index is 12.8. The zero-order valence-corrected chi connectivity index (χ0v) is 28.9. The Morgan fingerprint density at radius 1 is 1.26 bits per heavy atom. The number of fused-ring (bicyclic) bond motifs is 1. The Morgan fingerprint density at radius 3 is 2.76 bits per heavy atom. The Kier molecular flexibility index (Phi) is 10.4. The Bertz CT molecular complexity index is 2040. The smallest absolute Gasteiger partial charge is 0.330 e. The van der Waals surface area contributed by atoms with Gasteiger partial charge >= 0.3 is 5.69 Å². The summed E-state index contributed by atoms with van der Waals surface area (Å²) in [5.41, 5.74) is 3.98.